The SMILES string of the molecule is Cc1ccc(C)c(-c2cc(N)n3nccc3n2)c1. The summed E-state index contributed by atoms with van der Waals surface area (Å²) in [4.78, 5) is 4.59. The largest absolute Gasteiger partial charge is 0.384 e. The van der Waals surface area contributed by atoms with E-state index in [1.54, 1.807) is 10.7 Å². The highest BCUT2D eigenvalue weighted by Crippen LogP contribution is 2.25. The maximum absolute atomic E-state index is 5.99. The topological polar surface area (TPSA) is 56.2 Å². The Morgan fingerprint density at radius 2 is 1.94 bits per heavy atom. The molecule has 0 aliphatic carbocycles. The van der Waals surface area contributed by atoms with Gasteiger partial charge in [0.25, 0.3) is 0 Å². The van der Waals surface area contributed by atoms with Crippen molar-refractivity contribution >= 4 is 11.5 Å². The van der Waals surface area contributed by atoms with E-state index in [4.69, 9.17) is 5.73 Å². The van der Waals surface area contributed by atoms with Crippen LogP contribution in [0.15, 0.2) is 36.5 Å². The first-order valence-electron chi connectivity index (χ1n) is 5.83. The molecule has 0 saturated heterocycles. The van der Waals surface area contributed by atoms with Crippen molar-refractivity contribution in [2.75, 3.05) is 5.73 Å². The third-order valence-corrected chi connectivity index (χ3v) is 3.06. The zero-order chi connectivity index (χ0) is 12.7. The molecule has 0 radical (unpaired) electrons. The summed E-state index contributed by atoms with van der Waals surface area (Å²) in [5, 5.41) is 4.12. The van der Waals surface area contributed by atoms with Crippen LogP contribution in [0.4, 0.5) is 5.82 Å². The Labute approximate surface area is 105 Å². The minimum Gasteiger partial charge on any atom is -0.384 e. The van der Waals surface area contributed by atoms with Crippen molar-refractivity contribution in [2.45, 2.75) is 13.8 Å². The van der Waals surface area contributed by atoms with E-state index in [2.05, 4.69) is 42.1 Å². The first-order chi connectivity index (χ1) is 8.65. The highest BCUT2D eigenvalue weighted by Gasteiger charge is 2.08. The van der Waals surface area contributed by atoms with Crippen molar-refractivity contribution in [3.63, 3.8) is 0 Å². The molecule has 0 bridgehead atoms. The Balaban J connectivity index is 2.27. The molecule has 0 aliphatic rings. The lowest BCUT2D eigenvalue weighted by atomic mass is 10.0. The number of hydrogen-bond donors (Lipinski definition) is 1. The van der Waals surface area contributed by atoms with Gasteiger partial charge in [-0.2, -0.15) is 9.61 Å². The molecule has 0 fully saturated rings. The molecule has 2 N–H and O–H groups in total. The number of fused-ring (bicyclic) bond motifs is 1. The van der Waals surface area contributed by atoms with Crippen LogP contribution in [-0.2, 0) is 0 Å². The second kappa shape index (κ2) is 3.84. The summed E-state index contributed by atoms with van der Waals surface area (Å²) in [6, 6.07) is 10.0. The summed E-state index contributed by atoms with van der Waals surface area (Å²) in [7, 11) is 0. The molecule has 2 heterocycles. The lowest BCUT2D eigenvalue weighted by Gasteiger charge is -2.08. The van der Waals surface area contributed by atoms with Gasteiger partial charge in [-0.1, -0.05) is 17.7 Å². The van der Waals surface area contributed by atoms with Gasteiger partial charge in [0.05, 0.1) is 11.9 Å². The van der Waals surface area contributed by atoms with E-state index in [-0.39, 0.29) is 0 Å². The highest BCUT2D eigenvalue weighted by atomic mass is 15.3. The van der Waals surface area contributed by atoms with Gasteiger partial charge in [0, 0.05) is 17.7 Å². The van der Waals surface area contributed by atoms with Crippen LogP contribution in [0.1, 0.15) is 11.1 Å². The van der Waals surface area contributed by atoms with E-state index >= 15 is 0 Å². The Kier molecular flexibility index (Phi) is 2.30. The van der Waals surface area contributed by atoms with Crippen molar-refractivity contribution in [3.8, 4) is 11.3 Å². The summed E-state index contributed by atoms with van der Waals surface area (Å²) in [5.74, 6) is 0.598. The number of hydrogen-bond acceptors (Lipinski definition) is 3. The van der Waals surface area contributed by atoms with E-state index in [1.807, 2.05) is 12.1 Å². The molecule has 0 aliphatic heterocycles. The second-order valence-corrected chi connectivity index (χ2v) is 4.49. The van der Waals surface area contributed by atoms with Crippen LogP contribution in [0, 0.1) is 13.8 Å². The van der Waals surface area contributed by atoms with Crippen molar-refractivity contribution in [1.82, 2.24) is 14.6 Å². The van der Waals surface area contributed by atoms with Crippen LogP contribution in [0.5, 0.6) is 0 Å². The number of nitrogens with zero attached hydrogens (tertiary/aromatic N) is 3. The Hall–Kier alpha value is -2.36. The zero-order valence-electron chi connectivity index (χ0n) is 10.4. The molecule has 18 heavy (non-hydrogen) atoms. The maximum Gasteiger partial charge on any atom is 0.157 e. The Morgan fingerprint density at radius 3 is 2.78 bits per heavy atom. The van der Waals surface area contributed by atoms with Gasteiger partial charge in [0.1, 0.15) is 5.82 Å². The average molecular weight is 238 g/mol. The molecule has 90 valence electrons. The van der Waals surface area contributed by atoms with Crippen molar-refractivity contribution in [2.24, 2.45) is 0 Å². The molecule has 3 rings (SSSR count). The van der Waals surface area contributed by atoms with Crippen LogP contribution < -0.4 is 5.73 Å². The lowest BCUT2D eigenvalue weighted by molar-refractivity contribution is 0.953. The molecule has 0 atom stereocenters. The highest BCUT2D eigenvalue weighted by molar-refractivity contribution is 5.69. The van der Waals surface area contributed by atoms with Gasteiger partial charge in [-0.3, -0.25) is 0 Å². The van der Waals surface area contributed by atoms with Crippen molar-refractivity contribution in [3.05, 3.63) is 47.7 Å². The minimum atomic E-state index is 0.598. The van der Waals surface area contributed by atoms with E-state index in [0.717, 1.165) is 16.9 Å². The number of aromatic nitrogens is 3. The molecule has 0 saturated carbocycles. The van der Waals surface area contributed by atoms with Gasteiger partial charge in [-0.25, -0.2) is 4.98 Å². The predicted molar refractivity (Wildman–Crippen MR) is 72.3 cm³/mol. The summed E-state index contributed by atoms with van der Waals surface area (Å²) in [6.07, 6.45) is 1.70. The Bertz CT molecular complexity index is 728. The van der Waals surface area contributed by atoms with E-state index in [1.165, 1.54) is 11.1 Å². The molecular weight excluding hydrogens is 224 g/mol. The number of rotatable bonds is 1. The number of anilines is 1. The molecule has 0 unspecified atom stereocenters. The molecule has 4 nitrogen and oxygen atoms in total. The van der Waals surface area contributed by atoms with Gasteiger partial charge in [0.2, 0.25) is 0 Å². The monoisotopic (exact) mass is 238 g/mol. The lowest BCUT2D eigenvalue weighted by Crippen LogP contribution is -2.01. The molecule has 4 heteroatoms. The molecule has 0 spiro atoms. The van der Waals surface area contributed by atoms with Crippen LogP contribution in [0.3, 0.4) is 0 Å². The molecule has 1 aromatic carbocycles. The quantitative estimate of drug-likeness (QED) is 0.709. The number of nitrogens with two attached hydrogens (primary N) is 1. The number of benzene rings is 1. The fourth-order valence-corrected chi connectivity index (χ4v) is 2.09. The van der Waals surface area contributed by atoms with Gasteiger partial charge in [-0.15, -0.1) is 0 Å². The summed E-state index contributed by atoms with van der Waals surface area (Å²) in [5.41, 5.74) is 11.2. The summed E-state index contributed by atoms with van der Waals surface area (Å²) >= 11 is 0. The van der Waals surface area contributed by atoms with Crippen LogP contribution in [0.2, 0.25) is 0 Å². The van der Waals surface area contributed by atoms with Gasteiger partial charge >= 0.3 is 0 Å². The van der Waals surface area contributed by atoms with Crippen LogP contribution in [0.25, 0.3) is 16.9 Å². The molecule has 2 aromatic heterocycles. The normalized spacial score (nSPS) is 11.0. The average Bonchev–Trinajstić information content (AvgIpc) is 2.81. The molecule has 0 amide bonds. The summed E-state index contributed by atoms with van der Waals surface area (Å²) in [6.45, 7) is 4.15. The third-order valence-electron chi connectivity index (χ3n) is 3.06. The molecular formula is C14H14N4. The van der Waals surface area contributed by atoms with Gasteiger partial charge in [0.15, 0.2) is 5.65 Å². The first kappa shape index (κ1) is 10.8. The smallest absolute Gasteiger partial charge is 0.157 e. The van der Waals surface area contributed by atoms with Crippen molar-refractivity contribution in [1.29, 1.82) is 0 Å². The predicted octanol–water partition coefficient (Wildman–Crippen LogP) is 2.60. The fourth-order valence-electron chi connectivity index (χ4n) is 2.09. The fraction of sp³-hybridized carbons (Fsp3) is 0.143. The zero-order valence-corrected chi connectivity index (χ0v) is 10.4. The Morgan fingerprint density at radius 1 is 1.11 bits per heavy atom. The van der Waals surface area contributed by atoms with Crippen molar-refractivity contribution < 1.29 is 0 Å². The number of nitrogen functional groups attached to an aromatic ring is 1. The maximum atomic E-state index is 5.99. The number of aryl methyl sites for hydroxylation is 2. The van der Waals surface area contributed by atoms with Gasteiger partial charge in [-0.05, 0) is 25.5 Å². The van der Waals surface area contributed by atoms with Crippen LogP contribution >= 0.6 is 0 Å². The third kappa shape index (κ3) is 1.62. The van der Waals surface area contributed by atoms with E-state index in [0.29, 0.717) is 5.82 Å². The van der Waals surface area contributed by atoms with E-state index in [9.17, 15) is 0 Å². The minimum absolute atomic E-state index is 0.598. The van der Waals surface area contributed by atoms with Gasteiger partial charge < -0.3 is 5.73 Å². The molecule has 3 aromatic rings. The summed E-state index contributed by atoms with van der Waals surface area (Å²) < 4.78 is 1.63. The van der Waals surface area contributed by atoms with Crippen LogP contribution in [-0.4, -0.2) is 14.6 Å². The standard InChI is InChI=1S/C14H14N4/c1-9-3-4-10(2)11(7-9)12-8-13(15)18-14(17-12)5-6-16-18/h3-8H,15H2,1-2H3. The first-order valence-corrected chi connectivity index (χ1v) is 5.83. The second-order valence-electron chi connectivity index (χ2n) is 4.49. The van der Waals surface area contributed by atoms with E-state index < -0.39 is 0 Å².